The van der Waals surface area contributed by atoms with Crippen molar-refractivity contribution in [2.75, 3.05) is 11.9 Å². The number of hydrogen-bond acceptors (Lipinski definition) is 6. The van der Waals surface area contributed by atoms with Crippen molar-refractivity contribution in [2.45, 2.75) is 28.4 Å². The van der Waals surface area contributed by atoms with Crippen LogP contribution in [0.15, 0.2) is 41.1 Å². The van der Waals surface area contributed by atoms with E-state index >= 15 is 0 Å². The van der Waals surface area contributed by atoms with Crippen LogP contribution in [0.2, 0.25) is 0 Å². The molecule has 1 aliphatic rings. The molecular weight excluding hydrogens is 419 g/mol. The van der Waals surface area contributed by atoms with E-state index in [1.165, 1.54) is 0 Å². The van der Waals surface area contributed by atoms with Crippen LogP contribution in [0.4, 0.5) is 5.82 Å². The SMILES string of the molecule is BC1(B)OC(B)(B)C(B)(B)N(CC(=O)Nc2cc3cc(-c4cnc(C)o4)ccc3cn2)C1(B)B. The standard InChI is InChI=1S/C19H28B8N4O3/c1-9-28-7-13(33-9)10-2-3-11-6-29-14(5-12(11)4-10)30-15(32)8-31-16(20,21)18(24,25)34-19(26,27)17(31,22)23/h2-7H,8,20-27H2,1H3,(H,29,30,32). The average molecular weight is 447 g/mol. The molecule has 0 unspecified atom stereocenters. The van der Waals surface area contributed by atoms with Gasteiger partial charge in [0.05, 0.1) is 12.7 Å². The van der Waals surface area contributed by atoms with Gasteiger partial charge < -0.3 is 19.4 Å². The van der Waals surface area contributed by atoms with Gasteiger partial charge in [0.1, 0.15) is 68.6 Å². The zero-order valence-corrected chi connectivity index (χ0v) is 21.7. The van der Waals surface area contributed by atoms with Crippen molar-refractivity contribution >= 4 is 85.3 Å². The molecule has 3 heterocycles. The number of nitrogens with one attached hydrogen (secondary N) is 1. The van der Waals surface area contributed by atoms with Crippen molar-refractivity contribution in [1.82, 2.24) is 14.9 Å². The Bertz CT molecular complexity index is 1240. The number of fused-ring (bicyclic) bond motifs is 1. The van der Waals surface area contributed by atoms with E-state index in [4.69, 9.17) is 9.15 Å². The third kappa shape index (κ3) is 4.17. The third-order valence-corrected chi connectivity index (χ3v) is 8.00. The van der Waals surface area contributed by atoms with Crippen LogP contribution in [0.5, 0.6) is 0 Å². The van der Waals surface area contributed by atoms with Gasteiger partial charge in [0.2, 0.25) is 5.91 Å². The summed E-state index contributed by atoms with van der Waals surface area (Å²) in [5.74, 6) is 1.75. The molecule has 34 heavy (non-hydrogen) atoms. The first kappa shape index (κ1) is 24.9. The predicted octanol–water partition coefficient (Wildman–Crippen LogP) is -5.85. The number of hydrogen-bond donors (Lipinski definition) is 1. The molecule has 0 atom stereocenters. The van der Waals surface area contributed by atoms with Crippen LogP contribution in [-0.2, 0) is 9.53 Å². The lowest BCUT2D eigenvalue weighted by Gasteiger charge is -2.68. The minimum atomic E-state index is -0.442. The second-order valence-electron chi connectivity index (χ2n) is 11.3. The van der Waals surface area contributed by atoms with Gasteiger partial charge in [-0.25, -0.2) is 9.97 Å². The zero-order valence-electron chi connectivity index (χ0n) is 21.7. The molecule has 1 aromatic carbocycles. The van der Waals surface area contributed by atoms with Gasteiger partial charge in [-0.2, -0.15) is 0 Å². The van der Waals surface area contributed by atoms with E-state index in [0.29, 0.717) is 17.5 Å². The topological polar surface area (TPSA) is 80.5 Å². The summed E-state index contributed by atoms with van der Waals surface area (Å²) in [4.78, 5) is 24.1. The van der Waals surface area contributed by atoms with Crippen LogP contribution < -0.4 is 5.32 Å². The molecular formula is C19H28B8N4O3. The molecule has 0 bridgehead atoms. The van der Waals surface area contributed by atoms with Gasteiger partial charge in [0.25, 0.3) is 0 Å². The molecule has 1 fully saturated rings. The van der Waals surface area contributed by atoms with Crippen molar-refractivity contribution in [3.05, 3.63) is 42.5 Å². The Labute approximate surface area is 208 Å². The fourth-order valence-corrected chi connectivity index (χ4v) is 4.82. The maximum atomic E-state index is 13.2. The molecule has 1 aliphatic heterocycles. The number of pyridine rings is 1. The number of nitrogens with zero attached hydrogens (tertiary/aromatic N) is 3. The van der Waals surface area contributed by atoms with Crippen molar-refractivity contribution in [3.8, 4) is 11.3 Å². The fourth-order valence-electron chi connectivity index (χ4n) is 4.82. The number of benzene rings is 1. The Morgan fingerprint density at radius 1 is 0.941 bits per heavy atom. The normalized spacial score (nSPS) is 20.6. The van der Waals surface area contributed by atoms with E-state index in [2.05, 4.69) is 83.0 Å². The molecule has 1 saturated heterocycles. The number of morpholine rings is 1. The van der Waals surface area contributed by atoms with Crippen molar-refractivity contribution in [2.24, 2.45) is 0 Å². The molecule has 7 nitrogen and oxygen atoms in total. The van der Waals surface area contributed by atoms with Gasteiger partial charge in [0, 0.05) is 34.9 Å². The predicted molar refractivity (Wildman–Crippen MR) is 158 cm³/mol. The third-order valence-electron chi connectivity index (χ3n) is 8.00. The molecule has 4 rings (SSSR count). The lowest BCUT2D eigenvalue weighted by molar-refractivity contribution is -0.131. The summed E-state index contributed by atoms with van der Waals surface area (Å²) in [5.41, 5.74) is 0.929. The van der Waals surface area contributed by atoms with Crippen LogP contribution in [0.1, 0.15) is 5.89 Å². The number of aryl methyl sites for hydroxylation is 1. The molecule has 1 N–H and O–H groups in total. The van der Waals surface area contributed by atoms with Gasteiger partial charge in [-0.15, -0.1) is 0 Å². The Balaban J connectivity index is 1.58. The molecule has 0 spiro atoms. The molecule has 3 aromatic rings. The van der Waals surface area contributed by atoms with Gasteiger partial charge in [0.15, 0.2) is 11.7 Å². The van der Waals surface area contributed by atoms with Crippen LogP contribution in [-0.4, -0.2) is 112 Å². The first-order chi connectivity index (χ1) is 15.6. The maximum Gasteiger partial charge on any atom is 0.239 e. The van der Waals surface area contributed by atoms with Gasteiger partial charge in [-0.3, -0.25) is 4.79 Å². The largest absolute Gasteiger partial charge is 0.441 e. The summed E-state index contributed by atoms with van der Waals surface area (Å²) >= 11 is 0. The second kappa shape index (κ2) is 8.16. The molecule has 0 radical (unpaired) electrons. The highest BCUT2D eigenvalue weighted by Crippen LogP contribution is 2.39. The second-order valence-corrected chi connectivity index (χ2v) is 11.3. The van der Waals surface area contributed by atoms with Crippen molar-refractivity contribution in [3.63, 3.8) is 0 Å². The van der Waals surface area contributed by atoms with Crippen LogP contribution in [0.25, 0.3) is 22.1 Å². The summed E-state index contributed by atoms with van der Waals surface area (Å²) in [5, 5.41) is 3.33. The van der Waals surface area contributed by atoms with Crippen LogP contribution in [0.3, 0.4) is 0 Å². The summed E-state index contributed by atoms with van der Waals surface area (Å²) in [6.45, 7) is 2.05. The quantitative estimate of drug-likeness (QED) is 0.402. The van der Waals surface area contributed by atoms with Gasteiger partial charge >= 0.3 is 0 Å². The Hall–Kier alpha value is -2.25. The van der Waals surface area contributed by atoms with Crippen molar-refractivity contribution in [1.29, 1.82) is 0 Å². The maximum absolute atomic E-state index is 13.2. The molecule has 0 aliphatic carbocycles. The highest BCUT2D eigenvalue weighted by Gasteiger charge is 2.58. The number of rotatable bonds is 4. The zero-order chi connectivity index (χ0) is 25.1. The lowest BCUT2D eigenvalue weighted by Crippen LogP contribution is -2.86. The highest BCUT2D eigenvalue weighted by atomic mass is 16.5. The Morgan fingerprint density at radius 3 is 2.18 bits per heavy atom. The van der Waals surface area contributed by atoms with E-state index < -0.39 is 10.8 Å². The van der Waals surface area contributed by atoms with E-state index in [-0.39, 0.29) is 23.1 Å². The molecule has 15 heteroatoms. The molecule has 166 valence electrons. The number of aromatic nitrogens is 2. The number of oxazole rings is 1. The number of carbonyl (C=O) groups is 1. The van der Waals surface area contributed by atoms with Crippen LogP contribution >= 0.6 is 0 Å². The number of carbonyl (C=O) groups excluding carboxylic acids is 1. The first-order valence-electron chi connectivity index (χ1n) is 11.7. The van der Waals surface area contributed by atoms with E-state index in [1.807, 2.05) is 31.2 Å². The summed E-state index contributed by atoms with van der Waals surface area (Å²) in [6, 6.07) is 7.88. The minimum absolute atomic E-state index is 0.108. The van der Waals surface area contributed by atoms with E-state index in [9.17, 15) is 4.79 Å². The van der Waals surface area contributed by atoms with Gasteiger partial charge in [-0.1, -0.05) is 12.1 Å². The minimum Gasteiger partial charge on any atom is -0.441 e. The number of ether oxygens (including phenoxy) is 1. The lowest BCUT2D eigenvalue weighted by atomic mass is 9.30. The fraction of sp³-hybridized carbons (Fsp3) is 0.316. The average Bonchev–Trinajstić information content (AvgIpc) is 3.16. The summed E-state index contributed by atoms with van der Waals surface area (Å²) in [6.07, 6.45) is 3.49. The Kier molecular flexibility index (Phi) is 5.97. The Morgan fingerprint density at radius 2 is 1.59 bits per heavy atom. The van der Waals surface area contributed by atoms with E-state index in [1.54, 1.807) is 12.4 Å². The highest BCUT2D eigenvalue weighted by molar-refractivity contribution is 6.59. The number of amides is 1. The smallest absolute Gasteiger partial charge is 0.239 e. The van der Waals surface area contributed by atoms with Crippen molar-refractivity contribution < 1.29 is 13.9 Å². The summed E-state index contributed by atoms with van der Waals surface area (Å²) < 4.78 is 12.2. The molecule has 2 aromatic heterocycles. The molecule has 0 saturated carbocycles. The van der Waals surface area contributed by atoms with E-state index in [0.717, 1.165) is 16.3 Å². The summed E-state index contributed by atoms with van der Waals surface area (Å²) in [7, 11) is 16.9. The number of anilines is 1. The van der Waals surface area contributed by atoms with Crippen LogP contribution in [0, 0.1) is 6.92 Å². The first-order valence-corrected chi connectivity index (χ1v) is 11.7. The monoisotopic (exact) mass is 448 g/mol. The van der Waals surface area contributed by atoms with Gasteiger partial charge in [-0.05, 0) is 28.2 Å². The molecule has 1 amide bonds.